The van der Waals surface area contributed by atoms with Crippen LogP contribution < -0.4 is 14.4 Å². The summed E-state index contributed by atoms with van der Waals surface area (Å²) in [5, 5.41) is 2.98. The number of ether oxygens (including phenoxy) is 1. The van der Waals surface area contributed by atoms with Crippen LogP contribution in [0.5, 0.6) is 5.75 Å². The number of hydrogen-bond acceptors (Lipinski definition) is 5. The summed E-state index contributed by atoms with van der Waals surface area (Å²) in [6.45, 7) is 5.24. The lowest BCUT2D eigenvalue weighted by molar-refractivity contribution is -0.122. The number of nitrogens with zero attached hydrogens (tertiary/aromatic N) is 2. The van der Waals surface area contributed by atoms with Crippen LogP contribution in [0.4, 0.5) is 5.69 Å². The van der Waals surface area contributed by atoms with Crippen LogP contribution >= 0.6 is 0 Å². The molecule has 0 spiro atoms. The van der Waals surface area contributed by atoms with E-state index in [-0.39, 0.29) is 5.91 Å². The Balaban J connectivity index is 1.74. The Kier molecular flexibility index (Phi) is 8.74. The first-order chi connectivity index (χ1) is 15.8. The molecule has 1 fully saturated rings. The summed E-state index contributed by atoms with van der Waals surface area (Å²) in [7, 11) is -2.13. The quantitative estimate of drug-likeness (QED) is 0.571. The number of carbonyl (C=O) groups is 1. The van der Waals surface area contributed by atoms with E-state index >= 15 is 0 Å². The molecule has 8 heteroatoms. The predicted molar refractivity (Wildman–Crippen MR) is 132 cm³/mol. The van der Waals surface area contributed by atoms with Crippen molar-refractivity contribution in [3.8, 4) is 5.75 Å². The Hall–Kier alpha value is -2.58. The summed E-state index contributed by atoms with van der Waals surface area (Å²) in [4.78, 5) is 15.6. The first-order valence-electron chi connectivity index (χ1n) is 11.5. The second kappa shape index (κ2) is 11.5. The summed E-state index contributed by atoms with van der Waals surface area (Å²) in [5.41, 5.74) is 2.69. The molecule has 1 unspecified atom stereocenters. The van der Waals surface area contributed by atoms with Gasteiger partial charge in [-0.05, 0) is 67.7 Å². The fourth-order valence-corrected chi connectivity index (χ4v) is 5.54. The molecule has 0 radical (unpaired) electrons. The molecule has 1 heterocycles. The number of piperidine rings is 1. The van der Waals surface area contributed by atoms with Gasteiger partial charge in [0.05, 0.1) is 19.1 Å². The lowest BCUT2D eigenvalue weighted by Crippen LogP contribution is -2.49. The highest BCUT2D eigenvalue weighted by Crippen LogP contribution is 2.25. The summed E-state index contributed by atoms with van der Waals surface area (Å²) >= 11 is 0. The summed E-state index contributed by atoms with van der Waals surface area (Å²) < 4.78 is 31.7. The van der Waals surface area contributed by atoms with Crippen molar-refractivity contribution in [2.24, 2.45) is 0 Å². The molecule has 2 aromatic rings. The number of benzene rings is 2. The molecule has 7 nitrogen and oxygen atoms in total. The molecular formula is C25H35N3O4S. The highest BCUT2D eigenvalue weighted by atomic mass is 32.2. The average Bonchev–Trinajstić information content (AvgIpc) is 2.81. The maximum Gasteiger partial charge on any atom is 0.244 e. The molecule has 0 aliphatic carbocycles. The molecule has 3 rings (SSSR count). The van der Waals surface area contributed by atoms with E-state index in [0.29, 0.717) is 24.4 Å². The zero-order valence-corrected chi connectivity index (χ0v) is 20.6. The predicted octanol–water partition coefficient (Wildman–Crippen LogP) is 3.54. The molecule has 180 valence electrons. The number of amides is 1. The largest absolute Gasteiger partial charge is 0.497 e. The number of sulfonamides is 1. The van der Waals surface area contributed by atoms with Crippen molar-refractivity contribution in [1.82, 2.24) is 10.2 Å². The van der Waals surface area contributed by atoms with Crippen molar-refractivity contribution in [3.05, 3.63) is 59.7 Å². The molecule has 0 aromatic heterocycles. The van der Waals surface area contributed by atoms with Crippen molar-refractivity contribution in [2.45, 2.75) is 51.7 Å². The smallest absolute Gasteiger partial charge is 0.244 e. The Morgan fingerprint density at radius 3 is 2.27 bits per heavy atom. The second-order valence-corrected chi connectivity index (χ2v) is 10.4. The first-order valence-corrected chi connectivity index (χ1v) is 13.4. The standard InChI is InChI=1S/C25H35N3O4S/c1-4-24(28(33(3,30)31)22-12-14-23(32-2)15-13-22)25(29)26-18-20-10-6-7-11-21(20)19-27-16-8-5-9-17-27/h6-7,10-15,24H,4-5,8-9,16-19H2,1-3H3,(H,26,29). The number of rotatable bonds is 10. The molecule has 1 amide bonds. The molecule has 33 heavy (non-hydrogen) atoms. The van der Waals surface area contributed by atoms with Crippen LogP contribution in [0.15, 0.2) is 48.5 Å². The van der Waals surface area contributed by atoms with Crippen LogP contribution in [0.25, 0.3) is 0 Å². The lowest BCUT2D eigenvalue weighted by Gasteiger charge is -2.30. The monoisotopic (exact) mass is 473 g/mol. The third-order valence-corrected chi connectivity index (χ3v) is 7.25. The zero-order valence-electron chi connectivity index (χ0n) is 19.8. The number of methoxy groups -OCH3 is 1. The van der Waals surface area contributed by atoms with Gasteiger partial charge in [0.1, 0.15) is 11.8 Å². The van der Waals surface area contributed by atoms with Gasteiger partial charge in [-0.3, -0.25) is 14.0 Å². The van der Waals surface area contributed by atoms with Crippen molar-refractivity contribution in [3.63, 3.8) is 0 Å². The fourth-order valence-electron chi connectivity index (χ4n) is 4.33. The minimum Gasteiger partial charge on any atom is -0.497 e. The first kappa shape index (κ1) is 25.1. The lowest BCUT2D eigenvalue weighted by atomic mass is 10.0. The number of nitrogens with one attached hydrogen (secondary N) is 1. The molecular weight excluding hydrogens is 438 g/mol. The van der Waals surface area contributed by atoms with E-state index in [1.54, 1.807) is 31.4 Å². The Labute approximate surface area is 197 Å². The Morgan fingerprint density at radius 1 is 1.06 bits per heavy atom. The van der Waals surface area contributed by atoms with Crippen LogP contribution in [0, 0.1) is 0 Å². The maximum atomic E-state index is 13.2. The van der Waals surface area contributed by atoms with Crippen molar-refractivity contribution in [2.75, 3.05) is 30.8 Å². The van der Waals surface area contributed by atoms with Crippen molar-refractivity contribution in [1.29, 1.82) is 0 Å². The highest BCUT2D eigenvalue weighted by Gasteiger charge is 2.31. The van der Waals surface area contributed by atoms with E-state index < -0.39 is 16.1 Å². The van der Waals surface area contributed by atoms with E-state index in [1.165, 1.54) is 29.1 Å². The number of likely N-dealkylation sites (tertiary alicyclic amines) is 1. The number of anilines is 1. The number of hydrogen-bond donors (Lipinski definition) is 1. The summed E-state index contributed by atoms with van der Waals surface area (Å²) in [5.74, 6) is 0.307. The van der Waals surface area contributed by atoms with Gasteiger partial charge in [-0.25, -0.2) is 8.42 Å². The molecule has 0 saturated carbocycles. The van der Waals surface area contributed by atoms with E-state index in [0.717, 1.165) is 31.5 Å². The van der Waals surface area contributed by atoms with E-state index in [4.69, 9.17) is 4.74 Å². The molecule has 2 aromatic carbocycles. The van der Waals surface area contributed by atoms with Gasteiger partial charge in [0, 0.05) is 13.1 Å². The van der Waals surface area contributed by atoms with Gasteiger partial charge in [0.2, 0.25) is 15.9 Å². The molecule has 1 aliphatic heterocycles. The van der Waals surface area contributed by atoms with Gasteiger partial charge in [-0.2, -0.15) is 0 Å². The van der Waals surface area contributed by atoms with Crippen molar-refractivity contribution >= 4 is 21.6 Å². The topological polar surface area (TPSA) is 79.0 Å². The van der Waals surface area contributed by atoms with Crippen molar-refractivity contribution < 1.29 is 17.9 Å². The molecule has 1 atom stereocenters. The normalized spacial score (nSPS) is 15.6. The van der Waals surface area contributed by atoms with Gasteiger partial charge in [0.15, 0.2) is 0 Å². The maximum absolute atomic E-state index is 13.2. The Morgan fingerprint density at radius 2 is 1.70 bits per heavy atom. The average molecular weight is 474 g/mol. The van der Waals surface area contributed by atoms with Gasteiger partial charge < -0.3 is 10.1 Å². The Bertz CT molecular complexity index is 1020. The number of carbonyl (C=O) groups excluding carboxylic acids is 1. The second-order valence-electron chi connectivity index (χ2n) is 8.50. The molecule has 1 saturated heterocycles. The van der Waals surface area contributed by atoms with Crippen LogP contribution in [0.1, 0.15) is 43.7 Å². The molecule has 0 bridgehead atoms. The van der Waals surface area contributed by atoms with E-state index in [1.807, 2.05) is 25.1 Å². The van der Waals surface area contributed by atoms with Crippen LogP contribution in [-0.4, -0.2) is 51.7 Å². The summed E-state index contributed by atoms with van der Waals surface area (Å²) in [6, 6.07) is 14.0. The highest BCUT2D eigenvalue weighted by molar-refractivity contribution is 7.92. The van der Waals surface area contributed by atoms with E-state index in [2.05, 4.69) is 16.3 Å². The zero-order chi connectivity index (χ0) is 23.8. The molecule has 1 aliphatic rings. The minimum absolute atomic E-state index is 0.313. The SMILES string of the molecule is CCC(C(=O)NCc1ccccc1CN1CCCCC1)N(c1ccc(OC)cc1)S(C)(=O)=O. The third-order valence-electron chi connectivity index (χ3n) is 6.07. The van der Waals surface area contributed by atoms with Crippen LogP contribution in [-0.2, 0) is 27.9 Å². The van der Waals surface area contributed by atoms with Gasteiger partial charge in [-0.15, -0.1) is 0 Å². The minimum atomic E-state index is -3.68. The van der Waals surface area contributed by atoms with Crippen LogP contribution in [0.3, 0.4) is 0 Å². The van der Waals surface area contributed by atoms with Gasteiger partial charge in [-0.1, -0.05) is 37.6 Å². The third kappa shape index (κ3) is 6.71. The summed E-state index contributed by atoms with van der Waals surface area (Å²) in [6.07, 6.45) is 5.21. The van der Waals surface area contributed by atoms with Crippen LogP contribution in [0.2, 0.25) is 0 Å². The van der Waals surface area contributed by atoms with Gasteiger partial charge >= 0.3 is 0 Å². The molecule has 1 N–H and O–H groups in total. The van der Waals surface area contributed by atoms with Gasteiger partial charge in [0.25, 0.3) is 0 Å². The van der Waals surface area contributed by atoms with E-state index in [9.17, 15) is 13.2 Å². The fraction of sp³-hybridized carbons (Fsp3) is 0.480.